The molecule has 1 fully saturated rings. The van der Waals surface area contributed by atoms with E-state index in [-0.39, 0.29) is 17.9 Å². The monoisotopic (exact) mass is 377 g/mol. The van der Waals surface area contributed by atoms with Crippen molar-refractivity contribution in [3.05, 3.63) is 70.5 Å². The second-order valence-corrected chi connectivity index (χ2v) is 7.04. The number of pyridine rings is 1. The van der Waals surface area contributed by atoms with Crippen LogP contribution in [0.4, 0.5) is 0 Å². The van der Waals surface area contributed by atoms with Crippen molar-refractivity contribution in [1.82, 2.24) is 14.8 Å². The summed E-state index contributed by atoms with van der Waals surface area (Å²) in [5.41, 5.74) is 3.24. The molecule has 0 saturated carbocycles. The molecule has 0 spiro atoms. The molecule has 0 radical (unpaired) electrons. The van der Waals surface area contributed by atoms with Gasteiger partial charge in [-0.2, -0.15) is 0 Å². The van der Waals surface area contributed by atoms with Crippen molar-refractivity contribution in [2.75, 3.05) is 39.3 Å². The molecule has 3 aromatic rings. The molecule has 2 heterocycles. The highest BCUT2D eigenvalue weighted by atomic mass is 16.3. The zero-order valence-corrected chi connectivity index (χ0v) is 15.6. The average molecular weight is 377 g/mol. The molecule has 1 aliphatic rings. The van der Waals surface area contributed by atoms with Gasteiger partial charge in [0.2, 0.25) is 0 Å². The van der Waals surface area contributed by atoms with Crippen LogP contribution >= 0.6 is 0 Å². The highest BCUT2D eigenvalue weighted by molar-refractivity contribution is 5.96. The number of β-amino-alcohol motifs (C(OH)–C–C–N with tert-alkyl or cyclic N) is 1. The minimum atomic E-state index is -0.0245. The maximum atomic E-state index is 12.9. The quantitative estimate of drug-likeness (QED) is 0.729. The largest absolute Gasteiger partial charge is 0.395 e. The lowest BCUT2D eigenvalue weighted by Gasteiger charge is -2.34. The number of aromatic amines is 1. The summed E-state index contributed by atoms with van der Waals surface area (Å²) >= 11 is 0. The molecule has 1 aliphatic heterocycles. The Kier molecular flexibility index (Phi) is 5.23. The van der Waals surface area contributed by atoms with E-state index in [0.29, 0.717) is 30.6 Å². The maximum absolute atomic E-state index is 12.9. The highest BCUT2D eigenvalue weighted by Crippen LogP contribution is 2.24. The van der Waals surface area contributed by atoms with E-state index >= 15 is 0 Å². The molecule has 6 heteroatoms. The molecule has 28 heavy (non-hydrogen) atoms. The number of nitrogens with one attached hydrogen (secondary N) is 1. The molecular weight excluding hydrogens is 354 g/mol. The van der Waals surface area contributed by atoms with Crippen LogP contribution in [0.15, 0.2) is 59.5 Å². The van der Waals surface area contributed by atoms with Crippen LogP contribution in [0.5, 0.6) is 0 Å². The van der Waals surface area contributed by atoms with Gasteiger partial charge in [0.15, 0.2) is 5.43 Å². The number of carbonyl (C=O) groups is 1. The predicted molar refractivity (Wildman–Crippen MR) is 109 cm³/mol. The number of aliphatic hydroxyl groups is 1. The lowest BCUT2D eigenvalue weighted by Crippen LogP contribution is -2.49. The number of hydrogen-bond acceptors (Lipinski definition) is 4. The lowest BCUT2D eigenvalue weighted by molar-refractivity contribution is 0.0615. The molecule has 0 bridgehead atoms. The van der Waals surface area contributed by atoms with Gasteiger partial charge in [0.25, 0.3) is 5.91 Å². The first-order valence-corrected chi connectivity index (χ1v) is 9.50. The summed E-state index contributed by atoms with van der Waals surface area (Å²) in [6.45, 7) is 3.67. The van der Waals surface area contributed by atoms with E-state index in [9.17, 15) is 9.59 Å². The number of hydrogen-bond donors (Lipinski definition) is 2. The van der Waals surface area contributed by atoms with Gasteiger partial charge in [-0.3, -0.25) is 14.5 Å². The van der Waals surface area contributed by atoms with Gasteiger partial charge in [-0.05, 0) is 35.4 Å². The number of H-pyrrole nitrogens is 1. The number of aromatic nitrogens is 1. The van der Waals surface area contributed by atoms with E-state index in [4.69, 9.17) is 5.11 Å². The van der Waals surface area contributed by atoms with Crippen molar-refractivity contribution in [2.24, 2.45) is 0 Å². The SMILES string of the molecule is O=C(c1cccc(-c2ccc3[nH]ccc(=O)c3c2)c1)N1CCN(CCO)CC1. The van der Waals surface area contributed by atoms with Crippen molar-refractivity contribution in [3.8, 4) is 11.1 Å². The molecule has 1 aromatic heterocycles. The van der Waals surface area contributed by atoms with Gasteiger partial charge in [0, 0.05) is 61.5 Å². The number of rotatable bonds is 4. The van der Waals surface area contributed by atoms with E-state index in [0.717, 1.165) is 29.7 Å². The van der Waals surface area contributed by atoms with Crippen molar-refractivity contribution >= 4 is 16.8 Å². The summed E-state index contributed by atoms with van der Waals surface area (Å²) in [5.74, 6) is 0.0177. The second kappa shape index (κ2) is 7.96. The molecule has 1 amide bonds. The molecule has 0 unspecified atom stereocenters. The Hall–Kier alpha value is -2.96. The first-order valence-electron chi connectivity index (χ1n) is 9.50. The Morgan fingerprint density at radius 2 is 1.79 bits per heavy atom. The smallest absolute Gasteiger partial charge is 0.253 e. The Labute approximate surface area is 163 Å². The minimum absolute atomic E-state index is 0.0177. The summed E-state index contributed by atoms with van der Waals surface area (Å²) < 4.78 is 0. The van der Waals surface area contributed by atoms with E-state index in [2.05, 4.69) is 9.88 Å². The molecule has 2 aromatic carbocycles. The van der Waals surface area contributed by atoms with Crippen LogP contribution < -0.4 is 5.43 Å². The van der Waals surface area contributed by atoms with Crippen LogP contribution in [0.2, 0.25) is 0 Å². The second-order valence-electron chi connectivity index (χ2n) is 7.04. The number of aliphatic hydroxyl groups excluding tert-OH is 1. The third-order valence-corrected chi connectivity index (χ3v) is 5.28. The zero-order valence-electron chi connectivity index (χ0n) is 15.6. The Morgan fingerprint density at radius 1 is 1.00 bits per heavy atom. The van der Waals surface area contributed by atoms with E-state index in [1.165, 1.54) is 6.07 Å². The lowest BCUT2D eigenvalue weighted by atomic mass is 10.0. The van der Waals surface area contributed by atoms with Crippen LogP contribution in [-0.2, 0) is 0 Å². The van der Waals surface area contributed by atoms with Crippen LogP contribution in [-0.4, -0.2) is 65.1 Å². The summed E-state index contributed by atoms with van der Waals surface area (Å²) in [6.07, 6.45) is 1.64. The van der Waals surface area contributed by atoms with Crippen LogP contribution in [0, 0.1) is 0 Å². The number of carbonyl (C=O) groups excluding carboxylic acids is 1. The van der Waals surface area contributed by atoms with Gasteiger partial charge in [0.1, 0.15) is 0 Å². The standard InChI is InChI=1S/C22H23N3O3/c26-13-12-24-8-10-25(11-9-24)22(28)18-3-1-2-16(14-18)17-4-5-20-19(15-17)21(27)6-7-23-20/h1-7,14-15,26H,8-13H2,(H,23,27). The maximum Gasteiger partial charge on any atom is 0.253 e. The first kappa shape index (κ1) is 18.4. The molecule has 6 nitrogen and oxygen atoms in total. The highest BCUT2D eigenvalue weighted by Gasteiger charge is 2.22. The fourth-order valence-electron chi connectivity index (χ4n) is 3.68. The van der Waals surface area contributed by atoms with Gasteiger partial charge in [-0.1, -0.05) is 18.2 Å². The van der Waals surface area contributed by atoms with Gasteiger partial charge >= 0.3 is 0 Å². The number of piperazine rings is 1. The summed E-state index contributed by atoms with van der Waals surface area (Å²) in [6, 6.07) is 14.8. The summed E-state index contributed by atoms with van der Waals surface area (Å²) in [5, 5.41) is 9.69. The molecule has 4 rings (SSSR count). The molecule has 2 N–H and O–H groups in total. The third kappa shape index (κ3) is 3.69. The molecule has 1 saturated heterocycles. The summed E-state index contributed by atoms with van der Waals surface area (Å²) in [4.78, 5) is 32.1. The third-order valence-electron chi connectivity index (χ3n) is 5.28. The predicted octanol–water partition coefficient (Wildman–Crippen LogP) is 1.95. The number of amides is 1. The minimum Gasteiger partial charge on any atom is -0.395 e. The fourth-order valence-corrected chi connectivity index (χ4v) is 3.68. The summed E-state index contributed by atoms with van der Waals surface area (Å²) in [7, 11) is 0. The zero-order chi connectivity index (χ0) is 19.5. The van der Waals surface area contributed by atoms with Gasteiger partial charge in [-0.25, -0.2) is 0 Å². The molecular formula is C22H23N3O3. The fraction of sp³-hybridized carbons (Fsp3) is 0.273. The van der Waals surface area contributed by atoms with Crippen molar-refractivity contribution in [2.45, 2.75) is 0 Å². The average Bonchev–Trinajstić information content (AvgIpc) is 2.74. The van der Waals surface area contributed by atoms with Crippen molar-refractivity contribution in [1.29, 1.82) is 0 Å². The number of fused-ring (bicyclic) bond motifs is 1. The van der Waals surface area contributed by atoms with Crippen molar-refractivity contribution < 1.29 is 9.90 Å². The Bertz CT molecular complexity index is 1050. The van der Waals surface area contributed by atoms with E-state index in [1.807, 2.05) is 47.4 Å². The van der Waals surface area contributed by atoms with Crippen LogP contribution in [0.3, 0.4) is 0 Å². The van der Waals surface area contributed by atoms with Crippen LogP contribution in [0.1, 0.15) is 10.4 Å². The normalized spacial score (nSPS) is 15.1. The van der Waals surface area contributed by atoms with Gasteiger partial charge < -0.3 is 15.0 Å². The Morgan fingerprint density at radius 3 is 2.57 bits per heavy atom. The topological polar surface area (TPSA) is 76.6 Å². The molecule has 144 valence electrons. The Balaban J connectivity index is 1.57. The number of nitrogens with zero attached hydrogens (tertiary/aromatic N) is 2. The molecule has 0 aliphatic carbocycles. The molecule has 0 atom stereocenters. The van der Waals surface area contributed by atoms with Crippen molar-refractivity contribution in [3.63, 3.8) is 0 Å². The van der Waals surface area contributed by atoms with E-state index < -0.39 is 0 Å². The first-order chi connectivity index (χ1) is 13.7. The van der Waals surface area contributed by atoms with E-state index in [1.54, 1.807) is 6.20 Å². The van der Waals surface area contributed by atoms with Crippen LogP contribution in [0.25, 0.3) is 22.0 Å². The van der Waals surface area contributed by atoms with Gasteiger partial charge in [-0.15, -0.1) is 0 Å². The number of benzene rings is 2. The van der Waals surface area contributed by atoms with Gasteiger partial charge in [0.05, 0.1) is 6.61 Å².